The van der Waals surface area contributed by atoms with Crippen molar-refractivity contribution in [2.75, 3.05) is 13.6 Å². The molecule has 5 nitrogen and oxygen atoms in total. The first-order chi connectivity index (χ1) is 8.47. The van der Waals surface area contributed by atoms with E-state index in [9.17, 15) is 9.59 Å². The van der Waals surface area contributed by atoms with Crippen molar-refractivity contribution in [2.45, 2.75) is 51.6 Å². The summed E-state index contributed by atoms with van der Waals surface area (Å²) in [5.74, 6) is 0.212. The zero-order valence-electron chi connectivity index (χ0n) is 11.6. The van der Waals surface area contributed by atoms with E-state index in [1.165, 1.54) is 0 Å². The molecule has 0 aliphatic carbocycles. The maximum Gasteiger partial charge on any atom is 0.242 e. The molecule has 0 saturated carbocycles. The Hall–Kier alpha value is -1.10. The lowest BCUT2D eigenvalue weighted by molar-refractivity contribution is -0.143. The second-order valence-electron chi connectivity index (χ2n) is 5.39. The SMILES string of the molecule is CNC(=O)C1CCCCN1C(=O)C(N)CC(C)C. The lowest BCUT2D eigenvalue weighted by atomic mass is 9.98. The van der Waals surface area contributed by atoms with Crippen LogP contribution in [0, 0.1) is 5.92 Å². The topological polar surface area (TPSA) is 75.4 Å². The lowest BCUT2D eigenvalue weighted by Crippen LogP contribution is -2.55. The van der Waals surface area contributed by atoms with Gasteiger partial charge in [0, 0.05) is 13.6 Å². The number of amides is 2. The summed E-state index contributed by atoms with van der Waals surface area (Å²) < 4.78 is 0. The summed E-state index contributed by atoms with van der Waals surface area (Å²) in [5.41, 5.74) is 5.93. The second-order valence-corrected chi connectivity index (χ2v) is 5.39. The molecule has 18 heavy (non-hydrogen) atoms. The van der Waals surface area contributed by atoms with Gasteiger partial charge in [-0.1, -0.05) is 13.8 Å². The van der Waals surface area contributed by atoms with Crippen molar-refractivity contribution < 1.29 is 9.59 Å². The highest BCUT2D eigenvalue weighted by Gasteiger charge is 2.33. The van der Waals surface area contributed by atoms with Gasteiger partial charge in [0.2, 0.25) is 11.8 Å². The molecule has 0 aromatic heterocycles. The molecule has 2 atom stereocenters. The molecule has 1 aliphatic heterocycles. The van der Waals surface area contributed by atoms with Gasteiger partial charge in [-0.2, -0.15) is 0 Å². The molecule has 1 heterocycles. The quantitative estimate of drug-likeness (QED) is 0.767. The van der Waals surface area contributed by atoms with Crippen LogP contribution in [0.25, 0.3) is 0 Å². The highest BCUT2D eigenvalue weighted by Crippen LogP contribution is 2.19. The minimum atomic E-state index is -0.491. The summed E-state index contributed by atoms with van der Waals surface area (Å²) in [6.07, 6.45) is 3.34. The third-order valence-corrected chi connectivity index (χ3v) is 3.38. The van der Waals surface area contributed by atoms with Gasteiger partial charge in [-0.05, 0) is 31.6 Å². The Balaban J connectivity index is 2.70. The third kappa shape index (κ3) is 3.70. The molecule has 1 fully saturated rings. The van der Waals surface area contributed by atoms with Gasteiger partial charge in [-0.3, -0.25) is 9.59 Å². The van der Waals surface area contributed by atoms with Crippen LogP contribution in [0.3, 0.4) is 0 Å². The van der Waals surface area contributed by atoms with Gasteiger partial charge in [0.15, 0.2) is 0 Å². The average Bonchev–Trinajstić information content (AvgIpc) is 2.36. The fraction of sp³-hybridized carbons (Fsp3) is 0.846. The standard InChI is InChI=1S/C13H25N3O2/c1-9(2)8-10(14)13(18)16-7-5-4-6-11(16)12(17)15-3/h9-11H,4-8,14H2,1-3H3,(H,15,17). The summed E-state index contributed by atoms with van der Waals surface area (Å²) in [5, 5.41) is 2.63. The maximum absolute atomic E-state index is 12.3. The van der Waals surface area contributed by atoms with Crippen molar-refractivity contribution in [1.82, 2.24) is 10.2 Å². The average molecular weight is 255 g/mol. The Labute approximate surface area is 109 Å². The Kier molecular flexibility index (Phi) is 5.59. The highest BCUT2D eigenvalue weighted by atomic mass is 16.2. The van der Waals surface area contributed by atoms with Gasteiger partial charge in [-0.25, -0.2) is 0 Å². The van der Waals surface area contributed by atoms with E-state index in [1.54, 1.807) is 11.9 Å². The number of rotatable bonds is 4. The van der Waals surface area contributed by atoms with Crippen molar-refractivity contribution in [3.05, 3.63) is 0 Å². The van der Waals surface area contributed by atoms with Crippen molar-refractivity contribution in [3.63, 3.8) is 0 Å². The van der Waals surface area contributed by atoms with E-state index in [0.29, 0.717) is 18.9 Å². The molecule has 1 rings (SSSR count). The molecule has 0 spiro atoms. The summed E-state index contributed by atoms with van der Waals surface area (Å²) in [7, 11) is 1.60. The molecule has 1 saturated heterocycles. The van der Waals surface area contributed by atoms with Gasteiger partial charge < -0.3 is 16.0 Å². The van der Waals surface area contributed by atoms with Crippen molar-refractivity contribution >= 4 is 11.8 Å². The zero-order chi connectivity index (χ0) is 13.7. The Bertz CT molecular complexity index is 305. The van der Waals surface area contributed by atoms with Gasteiger partial charge in [0.25, 0.3) is 0 Å². The molecule has 2 unspecified atom stereocenters. The molecule has 1 aliphatic rings. The van der Waals surface area contributed by atoms with Crippen LogP contribution in [0.2, 0.25) is 0 Å². The van der Waals surface area contributed by atoms with E-state index in [-0.39, 0.29) is 17.9 Å². The molecule has 0 radical (unpaired) electrons. The summed E-state index contributed by atoms with van der Waals surface area (Å²) in [6, 6.07) is -0.829. The summed E-state index contributed by atoms with van der Waals surface area (Å²) in [4.78, 5) is 25.7. The lowest BCUT2D eigenvalue weighted by Gasteiger charge is -2.36. The third-order valence-electron chi connectivity index (χ3n) is 3.38. The van der Waals surface area contributed by atoms with E-state index in [2.05, 4.69) is 5.32 Å². The first-order valence-electron chi connectivity index (χ1n) is 6.75. The molecule has 0 aromatic rings. The molecule has 5 heteroatoms. The Morgan fingerprint density at radius 3 is 2.61 bits per heavy atom. The predicted molar refractivity (Wildman–Crippen MR) is 70.8 cm³/mol. The number of likely N-dealkylation sites (N-methyl/N-ethyl adjacent to an activating group) is 1. The van der Waals surface area contributed by atoms with Crippen LogP contribution in [0.15, 0.2) is 0 Å². The van der Waals surface area contributed by atoms with Crippen molar-refractivity contribution in [3.8, 4) is 0 Å². The van der Waals surface area contributed by atoms with E-state index < -0.39 is 6.04 Å². The van der Waals surface area contributed by atoms with E-state index in [1.807, 2.05) is 13.8 Å². The number of hydrogen-bond acceptors (Lipinski definition) is 3. The van der Waals surface area contributed by atoms with Gasteiger partial charge in [0.1, 0.15) is 6.04 Å². The molecule has 3 N–H and O–H groups in total. The van der Waals surface area contributed by atoms with Crippen LogP contribution in [0.4, 0.5) is 0 Å². The maximum atomic E-state index is 12.3. The van der Waals surface area contributed by atoms with Gasteiger partial charge >= 0.3 is 0 Å². The number of nitrogens with zero attached hydrogens (tertiary/aromatic N) is 1. The minimum absolute atomic E-state index is 0.0835. The van der Waals surface area contributed by atoms with Crippen LogP contribution < -0.4 is 11.1 Å². The van der Waals surface area contributed by atoms with Crippen LogP contribution >= 0.6 is 0 Å². The fourth-order valence-electron chi connectivity index (χ4n) is 2.46. The van der Waals surface area contributed by atoms with Crippen molar-refractivity contribution in [1.29, 1.82) is 0 Å². The monoisotopic (exact) mass is 255 g/mol. The number of likely N-dealkylation sites (tertiary alicyclic amines) is 1. The van der Waals surface area contributed by atoms with E-state index in [4.69, 9.17) is 5.73 Å². The highest BCUT2D eigenvalue weighted by molar-refractivity contribution is 5.89. The number of hydrogen-bond donors (Lipinski definition) is 2. The molecular weight excluding hydrogens is 230 g/mol. The molecule has 0 bridgehead atoms. The number of carbonyl (C=O) groups excluding carboxylic acids is 2. The number of piperidine rings is 1. The van der Waals surface area contributed by atoms with Gasteiger partial charge in [0.05, 0.1) is 6.04 Å². The Morgan fingerprint density at radius 1 is 1.39 bits per heavy atom. The first kappa shape index (κ1) is 15.0. The summed E-state index contributed by atoms with van der Waals surface area (Å²) in [6.45, 7) is 4.72. The van der Waals surface area contributed by atoms with Crippen LogP contribution in [-0.4, -0.2) is 42.4 Å². The summed E-state index contributed by atoms with van der Waals surface area (Å²) >= 11 is 0. The molecule has 104 valence electrons. The molecule has 0 aromatic carbocycles. The largest absolute Gasteiger partial charge is 0.357 e. The zero-order valence-corrected chi connectivity index (χ0v) is 11.6. The molecular formula is C13H25N3O2. The number of carbonyl (C=O) groups is 2. The second kappa shape index (κ2) is 6.73. The first-order valence-corrected chi connectivity index (χ1v) is 6.75. The van der Waals surface area contributed by atoms with Crippen LogP contribution in [-0.2, 0) is 9.59 Å². The molecule has 2 amide bonds. The van der Waals surface area contributed by atoms with Crippen LogP contribution in [0.1, 0.15) is 39.5 Å². The minimum Gasteiger partial charge on any atom is -0.357 e. The van der Waals surface area contributed by atoms with E-state index >= 15 is 0 Å². The van der Waals surface area contributed by atoms with Gasteiger partial charge in [-0.15, -0.1) is 0 Å². The van der Waals surface area contributed by atoms with Crippen LogP contribution in [0.5, 0.6) is 0 Å². The fourth-order valence-corrected chi connectivity index (χ4v) is 2.46. The van der Waals surface area contributed by atoms with E-state index in [0.717, 1.165) is 19.3 Å². The number of nitrogens with two attached hydrogens (primary N) is 1. The smallest absolute Gasteiger partial charge is 0.242 e. The Morgan fingerprint density at radius 2 is 2.06 bits per heavy atom. The number of nitrogens with one attached hydrogen (secondary N) is 1. The van der Waals surface area contributed by atoms with Crippen molar-refractivity contribution in [2.24, 2.45) is 11.7 Å². The normalized spacial score (nSPS) is 21.8. The predicted octanol–water partition coefficient (Wildman–Crippen LogP) is 0.487.